The van der Waals surface area contributed by atoms with Crippen LogP contribution in [0.25, 0.3) is 0 Å². The number of rotatable bonds is 2. The van der Waals surface area contributed by atoms with Crippen molar-refractivity contribution in [1.82, 2.24) is 0 Å². The first-order valence-electron chi connectivity index (χ1n) is 3.72. The number of nitrogens with two attached hydrogens (primary N) is 1. The molecule has 0 aliphatic rings. The predicted molar refractivity (Wildman–Crippen MR) is 60.9 cm³/mol. The summed E-state index contributed by atoms with van der Waals surface area (Å²) in [6.45, 7) is 1.55. The van der Waals surface area contributed by atoms with Crippen LogP contribution in [0.3, 0.4) is 0 Å². The minimum absolute atomic E-state index is 0.0803. The average Bonchev–Trinajstić information content (AvgIpc) is 2.08. The van der Waals surface area contributed by atoms with Crippen LogP contribution < -0.4 is 5.73 Å². The second kappa shape index (κ2) is 4.24. The average molecular weight is 307 g/mol. The normalized spacial score (nSPS) is 12.5. The van der Waals surface area contributed by atoms with Gasteiger partial charge in [0.2, 0.25) is 0 Å². The highest BCUT2D eigenvalue weighted by Gasteiger charge is 2.12. The molecule has 0 spiro atoms. The Morgan fingerprint density at radius 1 is 1.54 bits per heavy atom. The monoisotopic (exact) mass is 305 g/mol. The number of ketones is 1. The lowest BCUT2D eigenvalue weighted by Crippen LogP contribution is -2.01. The van der Waals surface area contributed by atoms with E-state index in [1.54, 1.807) is 13.0 Å². The molecule has 0 saturated carbocycles. The van der Waals surface area contributed by atoms with Gasteiger partial charge in [-0.25, -0.2) is 0 Å². The SMILES string of the molecule is CC(=O)C(Br)c1ccc(N)c(Br)c1. The van der Waals surface area contributed by atoms with Crippen LogP contribution in [-0.2, 0) is 4.79 Å². The van der Waals surface area contributed by atoms with E-state index < -0.39 is 0 Å². The van der Waals surface area contributed by atoms with Gasteiger partial charge in [-0.15, -0.1) is 0 Å². The van der Waals surface area contributed by atoms with Crippen LogP contribution in [0.5, 0.6) is 0 Å². The van der Waals surface area contributed by atoms with Crippen LogP contribution in [0.1, 0.15) is 17.3 Å². The van der Waals surface area contributed by atoms with Crippen LogP contribution in [0.2, 0.25) is 0 Å². The van der Waals surface area contributed by atoms with E-state index in [1.807, 2.05) is 12.1 Å². The zero-order valence-corrected chi connectivity index (χ0v) is 10.2. The zero-order chi connectivity index (χ0) is 10.0. The lowest BCUT2D eigenvalue weighted by Gasteiger charge is -2.07. The molecule has 0 aliphatic heterocycles. The molecule has 0 saturated heterocycles. The van der Waals surface area contributed by atoms with Crippen LogP contribution >= 0.6 is 31.9 Å². The zero-order valence-electron chi connectivity index (χ0n) is 7.05. The number of hydrogen-bond donors (Lipinski definition) is 1. The van der Waals surface area contributed by atoms with Gasteiger partial charge in [-0.3, -0.25) is 4.79 Å². The van der Waals surface area contributed by atoms with E-state index in [1.165, 1.54) is 0 Å². The Hall–Kier alpha value is -0.350. The van der Waals surface area contributed by atoms with Crippen molar-refractivity contribution in [3.05, 3.63) is 28.2 Å². The summed E-state index contributed by atoms with van der Waals surface area (Å²) < 4.78 is 0.815. The first kappa shape index (κ1) is 10.7. The molecule has 1 atom stereocenters. The van der Waals surface area contributed by atoms with Gasteiger partial charge in [-0.05, 0) is 40.5 Å². The van der Waals surface area contributed by atoms with Crippen LogP contribution in [-0.4, -0.2) is 5.78 Å². The van der Waals surface area contributed by atoms with E-state index >= 15 is 0 Å². The van der Waals surface area contributed by atoms with E-state index in [0.29, 0.717) is 5.69 Å². The quantitative estimate of drug-likeness (QED) is 0.674. The molecule has 0 radical (unpaired) electrons. The summed E-state index contributed by atoms with van der Waals surface area (Å²) in [6, 6.07) is 5.45. The number of benzene rings is 1. The number of carbonyl (C=O) groups is 1. The summed E-state index contributed by atoms with van der Waals surface area (Å²) in [5.41, 5.74) is 7.20. The van der Waals surface area contributed by atoms with Crippen molar-refractivity contribution in [2.75, 3.05) is 5.73 Å². The van der Waals surface area contributed by atoms with Gasteiger partial charge in [-0.1, -0.05) is 22.0 Å². The summed E-state index contributed by atoms with van der Waals surface area (Å²) in [6.07, 6.45) is 0. The fourth-order valence-corrected chi connectivity index (χ4v) is 1.62. The molecular weight excluding hydrogens is 298 g/mol. The number of nitrogen functional groups attached to an aromatic ring is 1. The number of Topliss-reactive ketones (excluding diaryl/α,β-unsaturated/α-hetero) is 1. The van der Waals surface area contributed by atoms with Crippen LogP contribution in [0, 0.1) is 0 Å². The van der Waals surface area contributed by atoms with Gasteiger partial charge in [0.05, 0.1) is 4.83 Å². The standard InChI is InChI=1S/C9H9Br2NO/c1-5(13)9(11)6-2-3-8(12)7(10)4-6/h2-4,9H,12H2,1H3. The number of hydrogen-bond acceptors (Lipinski definition) is 2. The molecular formula is C9H9Br2NO. The van der Waals surface area contributed by atoms with E-state index in [4.69, 9.17) is 5.73 Å². The Balaban J connectivity index is 3.03. The molecule has 0 fully saturated rings. The van der Waals surface area contributed by atoms with Crippen molar-refractivity contribution in [2.24, 2.45) is 0 Å². The Kier molecular flexibility index (Phi) is 3.50. The molecule has 13 heavy (non-hydrogen) atoms. The van der Waals surface area contributed by atoms with Crippen molar-refractivity contribution < 1.29 is 4.79 Å². The molecule has 2 N–H and O–H groups in total. The minimum atomic E-state index is -0.246. The second-order valence-corrected chi connectivity index (χ2v) is 4.52. The molecule has 1 aromatic carbocycles. The smallest absolute Gasteiger partial charge is 0.147 e. The highest BCUT2D eigenvalue weighted by molar-refractivity contribution is 9.10. The molecule has 0 aromatic heterocycles. The van der Waals surface area contributed by atoms with Gasteiger partial charge in [0, 0.05) is 10.2 Å². The number of carbonyl (C=O) groups excluding carboxylic acids is 1. The lowest BCUT2D eigenvalue weighted by molar-refractivity contribution is -0.116. The summed E-state index contributed by atoms with van der Waals surface area (Å²) in [5, 5.41) is 0. The Morgan fingerprint density at radius 2 is 2.15 bits per heavy atom. The maximum Gasteiger partial charge on any atom is 0.147 e. The maximum absolute atomic E-state index is 11.0. The predicted octanol–water partition coefficient (Wildman–Crippen LogP) is 3.06. The molecule has 0 aliphatic carbocycles. The second-order valence-electron chi connectivity index (χ2n) is 2.75. The highest BCUT2D eigenvalue weighted by Crippen LogP contribution is 2.28. The Labute approximate surface area is 93.8 Å². The Morgan fingerprint density at radius 3 is 2.62 bits per heavy atom. The minimum Gasteiger partial charge on any atom is -0.398 e. The third-order valence-electron chi connectivity index (χ3n) is 1.67. The van der Waals surface area contributed by atoms with Crippen LogP contribution in [0.4, 0.5) is 5.69 Å². The third-order valence-corrected chi connectivity index (χ3v) is 3.53. The van der Waals surface area contributed by atoms with Crippen LogP contribution in [0.15, 0.2) is 22.7 Å². The van der Waals surface area contributed by atoms with Gasteiger partial charge in [0.1, 0.15) is 5.78 Å². The van der Waals surface area contributed by atoms with Crippen molar-refractivity contribution >= 4 is 43.3 Å². The summed E-state index contributed by atoms with van der Waals surface area (Å²) in [4.78, 5) is 10.8. The molecule has 0 amide bonds. The van der Waals surface area contributed by atoms with Crippen molar-refractivity contribution in [2.45, 2.75) is 11.8 Å². The largest absolute Gasteiger partial charge is 0.398 e. The third kappa shape index (κ3) is 2.54. The molecule has 4 heteroatoms. The first-order valence-corrected chi connectivity index (χ1v) is 5.42. The van der Waals surface area contributed by atoms with E-state index in [9.17, 15) is 4.79 Å². The molecule has 0 bridgehead atoms. The van der Waals surface area contributed by atoms with E-state index in [-0.39, 0.29) is 10.6 Å². The number of halogens is 2. The lowest BCUT2D eigenvalue weighted by atomic mass is 10.1. The van der Waals surface area contributed by atoms with Gasteiger partial charge in [0.25, 0.3) is 0 Å². The molecule has 1 aromatic rings. The van der Waals surface area contributed by atoms with E-state index in [2.05, 4.69) is 31.9 Å². The maximum atomic E-state index is 11.0. The Bertz CT molecular complexity index is 338. The highest BCUT2D eigenvalue weighted by atomic mass is 79.9. The molecule has 70 valence electrons. The fourth-order valence-electron chi connectivity index (χ4n) is 0.936. The van der Waals surface area contributed by atoms with Crippen molar-refractivity contribution in [3.63, 3.8) is 0 Å². The van der Waals surface area contributed by atoms with Gasteiger partial charge < -0.3 is 5.73 Å². The fraction of sp³-hybridized carbons (Fsp3) is 0.222. The van der Waals surface area contributed by atoms with E-state index in [0.717, 1.165) is 10.0 Å². The molecule has 0 heterocycles. The number of anilines is 1. The van der Waals surface area contributed by atoms with Gasteiger partial charge >= 0.3 is 0 Å². The number of alkyl halides is 1. The van der Waals surface area contributed by atoms with Gasteiger partial charge in [0.15, 0.2) is 0 Å². The van der Waals surface area contributed by atoms with Gasteiger partial charge in [-0.2, -0.15) is 0 Å². The molecule has 2 nitrogen and oxygen atoms in total. The molecule has 1 unspecified atom stereocenters. The summed E-state index contributed by atoms with van der Waals surface area (Å²) in [7, 11) is 0. The van der Waals surface area contributed by atoms with Crippen molar-refractivity contribution in [1.29, 1.82) is 0 Å². The summed E-state index contributed by atoms with van der Waals surface area (Å²) >= 11 is 6.60. The molecule has 1 rings (SSSR count). The van der Waals surface area contributed by atoms with Crippen molar-refractivity contribution in [3.8, 4) is 0 Å². The first-order chi connectivity index (χ1) is 6.02. The summed E-state index contributed by atoms with van der Waals surface area (Å²) in [5.74, 6) is 0.0803. The topological polar surface area (TPSA) is 43.1 Å².